The Balaban J connectivity index is 0.000000138. The Kier molecular flexibility index (Phi) is 10.1. The first-order valence-electron chi connectivity index (χ1n) is 19.8. The number of anilines is 5. The van der Waals surface area contributed by atoms with Gasteiger partial charge in [-0.1, -0.05) is 42.5 Å². The molecule has 0 unspecified atom stereocenters. The first-order chi connectivity index (χ1) is 29.0. The highest BCUT2D eigenvalue weighted by atomic mass is 16.2. The van der Waals surface area contributed by atoms with E-state index in [1.165, 1.54) is 0 Å². The zero-order chi connectivity index (χ0) is 43.4. The van der Waals surface area contributed by atoms with E-state index in [2.05, 4.69) is 40.4 Å². The molecule has 0 saturated carbocycles. The number of nitrogens with zero attached hydrogens (tertiary/aromatic N) is 11. The zero-order valence-electron chi connectivity index (χ0n) is 35.6. The second kappa shape index (κ2) is 15.3. The van der Waals surface area contributed by atoms with Crippen LogP contribution >= 0.6 is 0 Å². The monoisotopic (exact) mass is 814 g/mol. The summed E-state index contributed by atoms with van der Waals surface area (Å²) >= 11 is 0. The largest absolute Gasteiger partial charge is 0.326 e. The van der Waals surface area contributed by atoms with Crippen molar-refractivity contribution in [1.82, 2.24) is 44.5 Å². The lowest BCUT2D eigenvalue weighted by molar-refractivity contribution is -0.122. The minimum atomic E-state index is -0.634. The van der Waals surface area contributed by atoms with Crippen LogP contribution < -0.4 is 15.1 Å². The van der Waals surface area contributed by atoms with E-state index >= 15 is 0 Å². The van der Waals surface area contributed by atoms with E-state index in [0.29, 0.717) is 12.4 Å². The van der Waals surface area contributed by atoms with Crippen molar-refractivity contribution in [1.29, 1.82) is 0 Å². The molecular formula is C46H46N12O3. The van der Waals surface area contributed by atoms with E-state index in [-0.39, 0.29) is 17.7 Å². The van der Waals surface area contributed by atoms with Crippen LogP contribution in [0, 0.1) is 20.8 Å². The van der Waals surface area contributed by atoms with Crippen LogP contribution in [0.25, 0.3) is 22.3 Å². The highest BCUT2D eigenvalue weighted by Gasteiger charge is 2.47. The topological polar surface area (TPSA) is 170 Å². The third-order valence-electron chi connectivity index (χ3n) is 11.3. The van der Waals surface area contributed by atoms with Gasteiger partial charge >= 0.3 is 0 Å². The minimum absolute atomic E-state index is 0.0320. The first-order valence-corrected chi connectivity index (χ1v) is 19.8. The van der Waals surface area contributed by atoms with Crippen LogP contribution in [0.15, 0.2) is 97.8 Å². The number of fused-ring (bicyclic) bond motifs is 3. The maximum Gasteiger partial charge on any atom is 0.256 e. The summed E-state index contributed by atoms with van der Waals surface area (Å²) in [6.07, 6.45) is 11.3. The number of aromatic nitrogens is 9. The van der Waals surface area contributed by atoms with Crippen LogP contribution in [0.3, 0.4) is 0 Å². The van der Waals surface area contributed by atoms with E-state index < -0.39 is 10.8 Å². The molecule has 3 aliphatic heterocycles. The summed E-state index contributed by atoms with van der Waals surface area (Å²) in [5.74, 6) is 2.73. The lowest BCUT2D eigenvalue weighted by Gasteiger charge is -2.18. The highest BCUT2D eigenvalue weighted by molar-refractivity contribution is 6.13. The average molecular weight is 815 g/mol. The molecule has 0 fully saturated rings. The van der Waals surface area contributed by atoms with Crippen LogP contribution in [-0.2, 0) is 45.7 Å². The summed E-state index contributed by atoms with van der Waals surface area (Å²) in [6, 6.07) is 19.8. The molecule has 0 spiro atoms. The molecule has 3 amide bonds. The Bertz CT molecular complexity index is 2790. The van der Waals surface area contributed by atoms with E-state index in [1.807, 2.05) is 129 Å². The zero-order valence-corrected chi connectivity index (χ0v) is 35.6. The van der Waals surface area contributed by atoms with Crippen LogP contribution in [0.5, 0.6) is 0 Å². The van der Waals surface area contributed by atoms with Gasteiger partial charge in [-0.05, 0) is 94.5 Å². The summed E-state index contributed by atoms with van der Waals surface area (Å²) in [5.41, 5.74) is 9.07. The van der Waals surface area contributed by atoms with Gasteiger partial charge in [0.2, 0.25) is 17.7 Å². The molecule has 0 bridgehead atoms. The van der Waals surface area contributed by atoms with Crippen molar-refractivity contribution in [2.45, 2.75) is 65.7 Å². The summed E-state index contributed by atoms with van der Waals surface area (Å²) in [5, 5.41) is 11.4. The van der Waals surface area contributed by atoms with Crippen molar-refractivity contribution in [2.24, 2.45) is 14.1 Å². The standard InChI is InChI=1S/C19H20N6O.C19H19N5O.C8H7NO/c1-11-20-9-14(10-21-11)13-6-7-15-16(8-13)25(17(26)19(15,3)4)18-22-12(2)24(5)23-18;1-12-20-8-14(9-21-12)13-5-6-16-17(7-13)24(18(25)19(16,2)3)15-10-22-23(4)11-15;10-8-5-6-3-1-2-4-7(6)9-8/h6-10H,1-5H3;5-11H,1-4H3;1-4H,5H2,(H,9,10). The number of rotatable bonds is 4. The van der Waals surface area contributed by atoms with Crippen LogP contribution in [0.4, 0.5) is 28.7 Å². The van der Waals surface area contributed by atoms with Gasteiger partial charge < -0.3 is 5.32 Å². The van der Waals surface area contributed by atoms with Gasteiger partial charge in [-0.15, -0.1) is 5.10 Å². The number of hydrogen-bond acceptors (Lipinski definition) is 10. The molecule has 3 aromatic carbocycles. The molecule has 10 rings (SSSR count). The molecule has 1 N–H and O–H groups in total. The SMILES string of the molecule is Cc1ncc(-c2ccc3c(c2)N(c2cnn(C)c2)C(=O)C3(C)C)cn1.Cc1ncc(-c2ccc3c(c2)N(c2nc(C)n(C)n2)C(=O)C3(C)C)cn1.O=C1Cc2ccccc2N1. The number of benzene rings is 3. The predicted octanol–water partition coefficient (Wildman–Crippen LogP) is 7.17. The molecule has 0 aliphatic carbocycles. The molecule has 0 radical (unpaired) electrons. The fourth-order valence-electron chi connectivity index (χ4n) is 7.62. The van der Waals surface area contributed by atoms with Gasteiger partial charge in [0.1, 0.15) is 17.5 Å². The average Bonchev–Trinajstić information content (AvgIpc) is 4.01. The molecule has 3 aliphatic rings. The molecular weight excluding hydrogens is 769 g/mol. The molecule has 308 valence electrons. The van der Waals surface area contributed by atoms with Crippen molar-refractivity contribution in [3.05, 3.63) is 132 Å². The van der Waals surface area contributed by atoms with Gasteiger partial charge in [0, 0.05) is 61.9 Å². The first kappa shape index (κ1) is 40.4. The maximum absolute atomic E-state index is 13.1. The Morgan fingerprint density at radius 2 is 1.16 bits per heavy atom. The molecule has 15 nitrogen and oxygen atoms in total. The molecule has 0 atom stereocenters. The highest BCUT2D eigenvalue weighted by Crippen LogP contribution is 2.47. The minimum Gasteiger partial charge on any atom is -0.326 e. The van der Waals surface area contributed by atoms with Gasteiger partial charge in [0.15, 0.2) is 0 Å². The van der Waals surface area contributed by atoms with Crippen molar-refractivity contribution in [3.8, 4) is 22.3 Å². The molecule has 0 saturated heterocycles. The summed E-state index contributed by atoms with van der Waals surface area (Å²) in [7, 11) is 3.66. The number of nitrogens with one attached hydrogen (secondary N) is 1. The Morgan fingerprint density at radius 1 is 0.639 bits per heavy atom. The maximum atomic E-state index is 13.1. The summed E-state index contributed by atoms with van der Waals surface area (Å²) in [6.45, 7) is 13.3. The molecule has 7 aromatic rings. The third-order valence-corrected chi connectivity index (χ3v) is 11.3. The molecule has 4 aromatic heterocycles. The quantitative estimate of drug-likeness (QED) is 0.192. The van der Waals surface area contributed by atoms with Crippen molar-refractivity contribution in [3.63, 3.8) is 0 Å². The van der Waals surface area contributed by atoms with Gasteiger partial charge in [0.05, 0.1) is 40.5 Å². The van der Waals surface area contributed by atoms with Crippen LogP contribution in [-0.4, -0.2) is 62.2 Å². The summed E-state index contributed by atoms with van der Waals surface area (Å²) < 4.78 is 3.37. The second-order valence-corrected chi connectivity index (χ2v) is 16.4. The van der Waals surface area contributed by atoms with E-state index in [4.69, 9.17) is 0 Å². The van der Waals surface area contributed by atoms with Crippen molar-refractivity contribution < 1.29 is 14.4 Å². The number of hydrogen-bond donors (Lipinski definition) is 1. The number of carbonyl (C=O) groups excluding carboxylic acids is 3. The van der Waals surface area contributed by atoms with Crippen molar-refractivity contribution in [2.75, 3.05) is 15.1 Å². The van der Waals surface area contributed by atoms with Crippen LogP contribution in [0.2, 0.25) is 0 Å². The number of para-hydroxylation sites is 1. The van der Waals surface area contributed by atoms with Gasteiger partial charge in [0.25, 0.3) is 5.95 Å². The van der Waals surface area contributed by atoms with E-state index in [0.717, 1.165) is 79.2 Å². The second-order valence-electron chi connectivity index (χ2n) is 16.4. The van der Waals surface area contributed by atoms with Gasteiger partial charge in [-0.25, -0.2) is 24.8 Å². The lowest BCUT2D eigenvalue weighted by atomic mass is 9.85. The number of carbonyl (C=O) groups is 3. The third kappa shape index (κ3) is 7.43. The normalized spacial score (nSPS) is 15.3. The van der Waals surface area contributed by atoms with E-state index in [1.54, 1.807) is 50.1 Å². The fraction of sp³-hybridized carbons (Fsp3) is 0.261. The van der Waals surface area contributed by atoms with E-state index in [9.17, 15) is 14.4 Å². The van der Waals surface area contributed by atoms with Gasteiger partial charge in [-0.2, -0.15) is 10.1 Å². The lowest BCUT2D eigenvalue weighted by Crippen LogP contribution is -2.33. The fourth-order valence-corrected chi connectivity index (χ4v) is 7.62. The Morgan fingerprint density at radius 3 is 1.66 bits per heavy atom. The van der Waals surface area contributed by atoms with Crippen molar-refractivity contribution >= 4 is 46.4 Å². The molecule has 15 heteroatoms. The van der Waals surface area contributed by atoms with Crippen LogP contribution in [0.1, 0.15) is 61.9 Å². The molecule has 61 heavy (non-hydrogen) atoms. The number of amides is 3. The predicted molar refractivity (Wildman–Crippen MR) is 232 cm³/mol. The summed E-state index contributed by atoms with van der Waals surface area (Å²) in [4.78, 5) is 61.8. The Labute approximate surface area is 353 Å². The smallest absolute Gasteiger partial charge is 0.256 e. The van der Waals surface area contributed by atoms with Gasteiger partial charge in [-0.3, -0.25) is 28.6 Å². The number of aryl methyl sites for hydroxylation is 5. The Hall–Kier alpha value is -7.42. The molecule has 7 heterocycles.